The Morgan fingerprint density at radius 3 is 2.17 bits per heavy atom. The number of hydrogen-bond donors (Lipinski definition) is 0. The maximum atomic E-state index is 14.0. The molecule has 0 spiro atoms. The summed E-state index contributed by atoms with van der Waals surface area (Å²) in [6.07, 6.45) is 1.71. The predicted octanol–water partition coefficient (Wildman–Crippen LogP) is 4.39. The molecule has 218 valence electrons. The van der Waals surface area contributed by atoms with E-state index in [4.69, 9.17) is 23.7 Å². The van der Waals surface area contributed by atoms with E-state index in [2.05, 4.69) is 4.99 Å². The first-order valence-electron chi connectivity index (χ1n) is 13.5. The van der Waals surface area contributed by atoms with Crippen molar-refractivity contribution in [3.05, 3.63) is 78.5 Å². The highest BCUT2D eigenvalue weighted by Crippen LogP contribution is 2.36. The van der Waals surface area contributed by atoms with Crippen LogP contribution in [0.15, 0.2) is 57.5 Å². The number of esters is 1. The van der Waals surface area contributed by atoms with E-state index in [1.807, 2.05) is 52.0 Å². The average Bonchev–Trinajstić information content (AvgIpc) is 3.22. The number of aromatic nitrogens is 1. The SMILES string of the molecule is CCOC(=O)C1=C(C)N=c2sc(=Cc3ccc(OC(C)C)c(OC)c3)c(=O)n2C1c1ccc(OC(C)C)c(OC)c1. The topological polar surface area (TPSA) is 97.6 Å². The van der Waals surface area contributed by atoms with E-state index >= 15 is 0 Å². The summed E-state index contributed by atoms with van der Waals surface area (Å²) >= 11 is 1.25. The lowest BCUT2D eigenvalue weighted by atomic mass is 9.95. The Kier molecular flexibility index (Phi) is 9.22. The second-order valence-corrected chi connectivity index (χ2v) is 11.0. The molecule has 10 heteroatoms. The lowest BCUT2D eigenvalue weighted by molar-refractivity contribution is -0.139. The van der Waals surface area contributed by atoms with E-state index in [1.54, 1.807) is 50.8 Å². The van der Waals surface area contributed by atoms with Gasteiger partial charge < -0.3 is 23.7 Å². The number of benzene rings is 2. The van der Waals surface area contributed by atoms with Crippen molar-refractivity contribution in [2.45, 2.75) is 59.8 Å². The molecule has 0 saturated carbocycles. The van der Waals surface area contributed by atoms with Crippen LogP contribution in [0.25, 0.3) is 6.08 Å². The van der Waals surface area contributed by atoms with E-state index in [0.717, 1.165) is 5.56 Å². The first-order chi connectivity index (χ1) is 19.6. The number of thiazole rings is 1. The van der Waals surface area contributed by atoms with Gasteiger partial charge in [-0.3, -0.25) is 9.36 Å². The third kappa shape index (κ3) is 6.32. The van der Waals surface area contributed by atoms with Crippen LogP contribution >= 0.6 is 11.3 Å². The van der Waals surface area contributed by atoms with Gasteiger partial charge in [0.2, 0.25) is 0 Å². The molecule has 0 amide bonds. The highest BCUT2D eigenvalue weighted by molar-refractivity contribution is 7.07. The van der Waals surface area contributed by atoms with Crippen molar-refractivity contribution < 1.29 is 28.5 Å². The molecule has 3 aromatic rings. The average molecular weight is 581 g/mol. The molecular weight excluding hydrogens is 544 g/mol. The fraction of sp³-hybridized carbons (Fsp3) is 0.387. The van der Waals surface area contributed by atoms with Gasteiger partial charge in [-0.05, 0) is 83.0 Å². The Bertz CT molecular complexity index is 1650. The number of nitrogens with zero attached hydrogens (tertiary/aromatic N) is 2. The molecule has 0 saturated heterocycles. The number of hydrogen-bond acceptors (Lipinski definition) is 9. The van der Waals surface area contributed by atoms with Crippen LogP contribution in [0.3, 0.4) is 0 Å². The minimum Gasteiger partial charge on any atom is -0.493 e. The molecule has 0 aliphatic carbocycles. The number of carbonyl (C=O) groups excluding carboxylic acids is 1. The highest BCUT2D eigenvalue weighted by atomic mass is 32.1. The zero-order valence-corrected chi connectivity index (χ0v) is 25.5. The zero-order chi connectivity index (χ0) is 29.8. The summed E-state index contributed by atoms with van der Waals surface area (Å²) in [6, 6.07) is 10.1. The van der Waals surface area contributed by atoms with Crippen LogP contribution in [0, 0.1) is 0 Å². The van der Waals surface area contributed by atoms with E-state index < -0.39 is 12.0 Å². The predicted molar refractivity (Wildman–Crippen MR) is 158 cm³/mol. The van der Waals surface area contributed by atoms with E-state index in [0.29, 0.717) is 49.2 Å². The van der Waals surface area contributed by atoms with Crippen LogP contribution < -0.4 is 33.8 Å². The summed E-state index contributed by atoms with van der Waals surface area (Å²) in [5, 5.41) is 0. The summed E-state index contributed by atoms with van der Waals surface area (Å²) in [4.78, 5) is 32.3. The van der Waals surface area contributed by atoms with Gasteiger partial charge in [0.05, 0.1) is 54.9 Å². The van der Waals surface area contributed by atoms with E-state index in [-0.39, 0.29) is 24.4 Å². The van der Waals surface area contributed by atoms with Gasteiger partial charge >= 0.3 is 5.97 Å². The summed E-state index contributed by atoms with van der Waals surface area (Å²) in [5.41, 5.74) is 1.93. The number of ether oxygens (including phenoxy) is 5. The Morgan fingerprint density at radius 2 is 1.59 bits per heavy atom. The third-order valence-electron chi connectivity index (χ3n) is 6.23. The quantitative estimate of drug-likeness (QED) is 0.328. The second kappa shape index (κ2) is 12.6. The molecule has 0 N–H and O–H groups in total. The van der Waals surface area contributed by atoms with Gasteiger partial charge in [0.1, 0.15) is 0 Å². The maximum absolute atomic E-state index is 14.0. The molecule has 1 aromatic heterocycles. The Hall–Kier alpha value is -4.05. The van der Waals surface area contributed by atoms with Crippen LogP contribution in [0.4, 0.5) is 0 Å². The fourth-order valence-electron chi connectivity index (χ4n) is 4.59. The summed E-state index contributed by atoms with van der Waals surface area (Å²) in [7, 11) is 3.13. The van der Waals surface area contributed by atoms with Gasteiger partial charge in [-0.2, -0.15) is 0 Å². The molecule has 1 aliphatic heterocycles. The Balaban J connectivity index is 1.90. The van der Waals surface area contributed by atoms with E-state index in [1.165, 1.54) is 11.3 Å². The molecule has 1 unspecified atom stereocenters. The van der Waals surface area contributed by atoms with Gasteiger partial charge in [0, 0.05) is 0 Å². The normalized spacial score (nSPS) is 15.1. The van der Waals surface area contributed by atoms with Gasteiger partial charge in [-0.1, -0.05) is 23.5 Å². The number of fused-ring (bicyclic) bond motifs is 1. The summed E-state index contributed by atoms with van der Waals surface area (Å²) < 4.78 is 30.2. The van der Waals surface area contributed by atoms with Crippen LogP contribution in [-0.4, -0.2) is 43.6 Å². The third-order valence-corrected chi connectivity index (χ3v) is 7.21. The van der Waals surface area contributed by atoms with Crippen LogP contribution in [-0.2, 0) is 9.53 Å². The standard InChI is InChI=1S/C31H36N2O7S/c1-9-38-30(35)27-19(6)32-31-33(28(27)21-11-13-23(40-18(4)5)25(16-21)37-8)29(34)26(41-31)15-20-10-12-22(39-17(2)3)24(14-20)36-7/h10-18,28H,9H2,1-8H3. The van der Waals surface area contributed by atoms with Crippen molar-refractivity contribution in [1.82, 2.24) is 4.57 Å². The molecule has 9 nitrogen and oxygen atoms in total. The first-order valence-corrected chi connectivity index (χ1v) is 14.3. The Labute approximate surface area is 243 Å². The number of carbonyl (C=O) groups is 1. The largest absolute Gasteiger partial charge is 0.493 e. The van der Waals surface area contributed by atoms with Gasteiger partial charge in [-0.15, -0.1) is 0 Å². The molecule has 4 rings (SSSR count). The molecule has 0 radical (unpaired) electrons. The molecule has 2 aromatic carbocycles. The molecule has 1 atom stereocenters. The van der Waals surface area contributed by atoms with Crippen molar-refractivity contribution in [1.29, 1.82) is 0 Å². The lowest BCUT2D eigenvalue weighted by Gasteiger charge is -2.25. The molecule has 1 aliphatic rings. The smallest absolute Gasteiger partial charge is 0.338 e. The van der Waals surface area contributed by atoms with Gasteiger partial charge in [0.25, 0.3) is 5.56 Å². The summed E-state index contributed by atoms with van der Waals surface area (Å²) in [5.74, 6) is 1.71. The van der Waals surface area contributed by atoms with Crippen molar-refractivity contribution in [2.24, 2.45) is 4.99 Å². The number of allylic oxidation sites excluding steroid dienone is 1. The monoisotopic (exact) mass is 580 g/mol. The minimum absolute atomic E-state index is 0.0140. The number of methoxy groups -OCH3 is 2. The lowest BCUT2D eigenvalue weighted by Crippen LogP contribution is -2.40. The highest BCUT2D eigenvalue weighted by Gasteiger charge is 2.34. The van der Waals surface area contributed by atoms with E-state index in [9.17, 15) is 9.59 Å². The van der Waals surface area contributed by atoms with Gasteiger partial charge in [0.15, 0.2) is 27.8 Å². The van der Waals surface area contributed by atoms with Crippen LogP contribution in [0.5, 0.6) is 23.0 Å². The van der Waals surface area contributed by atoms with Crippen molar-refractivity contribution in [3.63, 3.8) is 0 Å². The van der Waals surface area contributed by atoms with Crippen molar-refractivity contribution in [2.75, 3.05) is 20.8 Å². The molecule has 0 bridgehead atoms. The van der Waals surface area contributed by atoms with Gasteiger partial charge in [-0.25, -0.2) is 9.79 Å². The zero-order valence-electron chi connectivity index (χ0n) is 24.6. The van der Waals surface area contributed by atoms with Crippen LogP contribution in [0.2, 0.25) is 0 Å². The van der Waals surface area contributed by atoms with Crippen molar-refractivity contribution >= 4 is 23.4 Å². The molecular formula is C31H36N2O7S. The van der Waals surface area contributed by atoms with Crippen molar-refractivity contribution in [3.8, 4) is 23.0 Å². The number of rotatable bonds is 10. The van der Waals surface area contributed by atoms with Crippen LogP contribution in [0.1, 0.15) is 58.7 Å². The fourth-order valence-corrected chi connectivity index (χ4v) is 5.64. The summed E-state index contributed by atoms with van der Waals surface area (Å²) in [6.45, 7) is 11.4. The molecule has 0 fully saturated rings. The first kappa shape index (κ1) is 29.9. The second-order valence-electron chi connectivity index (χ2n) is 9.96. The molecule has 2 heterocycles. The maximum Gasteiger partial charge on any atom is 0.338 e. The molecule has 41 heavy (non-hydrogen) atoms. The Morgan fingerprint density at radius 1 is 0.976 bits per heavy atom. The minimum atomic E-state index is -0.772.